The maximum atomic E-state index is 5.63. The lowest BCUT2D eigenvalue weighted by Gasteiger charge is -2.37. The van der Waals surface area contributed by atoms with Gasteiger partial charge in [0.2, 0.25) is 0 Å². The minimum Gasteiger partial charge on any atom is -0.497 e. The highest BCUT2D eigenvalue weighted by molar-refractivity contribution is 5.50. The zero-order valence-corrected chi connectivity index (χ0v) is 10.7. The lowest BCUT2D eigenvalue weighted by Crippen LogP contribution is -2.42. The summed E-state index contributed by atoms with van der Waals surface area (Å²) in [5.41, 5.74) is 6.88. The lowest BCUT2D eigenvalue weighted by molar-refractivity contribution is 0.414. The molecule has 0 aliphatic rings. The molecule has 0 bridgehead atoms. The van der Waals surface area contributed by atoms with Gasteiger partial charge in [0.05, 0.1) is 7.11 Å². The Morgan fingerprint density at radius 3 is 2.25 bits per heavy atom. The van der Waals surface area contributed by atoms with Gasteiger partial charge in [0, 0.05) is 18.3 Å². The second-order valence-electron chi connectivity index (χ2n) is 4.61. The van der Waals surface area contributed by atoms with Gasteiger partial charge in [-0.05, 0) is 51.1 Å². The molecule has 0 radical (unpaired) electrons. The number of hydrogen-bond acceptors (Lipinski definition) is 3. The van der Waals surface area contributed by atoms with E-state index in [1.807, 2.05) is 12.1 Å². The minimum absolute atomic E-state index is 0.0728. The van der Waals surface area contributed by atoms with E-state index < -0.39 is 0 Å². The van der Waals surface area contributed by atoms with E-state index in [1.54, 1.807) is 7.11 Å². The molecule has 3 heteroatoms. The first-order valence-corrected chi connectivity index (χ1v) is 5.59. The maximum Gasteiger partial charge on any atom is 0.119 e. The number of anilines is 1. The van der Waals surface area contributed by atoms with Gasteiger partial charge in [-0.15, -0.1) is 0 Å². The molecule has 0 aromatic heterocycles. The molecule has 0 fully saturated rings. The summed E-state index contributed by atoms with van der Waals surface area (Å²) >= 11 is 0. The topological polar surface area (TPSA) is 38.5 Å². The highest BCUT2D eigenvalue weighted by Gasteiger charge is 2.22. The monoisotopic (exact) mass is 222 g/mol. The maximum absolute atomic E-state index is 5.63. The van der Waals surface area contributed by atoms with Gasteiger partial charge < -0.3 is 15.4 Å². The van der Waals surface area contributed by atoms with Crippen molar-refractivity contribution in [1.29, 1.82) is 0 Å². The van der Waals surface area contributed by atoms with Gasteiger partial charge in [-0.3, -0.25) is 0 Å². The van der Waals surface area contributed by atoms with Crippen LogP contribution >= 0.6 is 0 Å². The van der Waals surface area contributed by atoms with Gasteiger partial charge in [0.25, 0.3) is 0 Å². The van der Waals surface area contributed by atoms with Crippen molar-refractivity contribution in [2.45, 2.75) is 25.8 Å². The molecule has 0 aliphatic heterocycles. The molecule has 0 saturated heterocycles. The molecule has 0 heterocycles. The van der Waals surface area contributed by atoms with E-state index in [0.717, 1.165) is 12.2 Å². The van der Waals surface area contributed by atoms with Crippen LogP contribution in [0, 0.1) is 0 Å². The van der Waals surface area contributed by atoms with E-state index in [9.17, 15) is 0 Å². The first-order valence-electron chi connectivity index (χ1n) is 5.59. The summed E-state index contributed by atoms with van der Waals surface area (Å²) in [6, 6.07) is 8.09. The molecule has 0 spiro atoms. The van der Waals surface area contributed by atoms with Crippen LogP contribution < -0.4 is 15.4 Å². The van der Waals surface area contributed by atoms with Crippen molar-refractivity contribution in [3.63, 3.8) is 0 Å². The fraction of sp³-hybridized carbons (Fsp3) is 0.538. The highest BCUT2D eigenvalue weighted by atomic mass is 16.5. The van der Waals surface area contributed by atoms with Gasteiger partial charge in [0.15, 0.2) is 0 Å². The molecule has 0 amide bonds. The van der Waals surface area contributed by atoms with Gasteiger partial charge in [-0.25, -0.2) is 0 Å². The highest BCUT2D eigenvalue weighted by Crippen LogP contribution is 2.26. The smallest absolute Gasteiger partial charge is 0.119 e. The van der Waals surface area contributed by atoms with Crippen LogP contribution in [0.5, 0.6) is 5.75 Å². The number of methoxy groups -OCH3 is 1. The van der Waals surface area contributed by atoms with E-state index >= 15 is 0 Å². The Labute approximate surface area is 98.2 Å². The number of benzene rings is 1. The minimum atomic E-state index is 0.0728. The summed E-state index contributed by atoms with van der Waals surface area (Å²) in [6.45, 7) is 5.10. The zero-order chi connectivity index (χ0) is 12.2. The lowest BCUT2D eigenvalue weighted by atomic mass is 9.98. The Kier molecular flexibility index (Phi) is 4.19. The molecular formula is C13H22N2O. The summed E-state index contributed by atoms with van der Waals surface area (Å²) < 4.78 is 5.14. The second-order valence-corrected chi connectivity index (χ2v) is 4.61. The molecule has 3 nitrogen and oxygen atoms in total. The standard InChI is InChI=1S/C13H22N2O/c1-13(2,9-10-14)15(3)11-5-7-12(16-4)8-6-11/h5-8H,9-10,14H2,1-4H3. The summed E-state index contributed by atoms with van der Waals surface area (Å²) in [7, 11) is 3.77. The molecule has 2 N–H and O–H groups in total. The van der Waals surface area contributed by atoms with Gasteiger partial charge >= 0.3 is 0 Å². The molecule has 90 valence electrons. The van der Waals surface area contributed by atoms with E-state index in [0.29, 0.717) is 6.54 Å². The second kappa shape index (κ2) is 5.21. The average molecular weight is 222 g/mol. The molecule has 0 saturated carbocycles. The number of nitrogens with zero attached hydrogens (tertiary/aromatic N) is 1. The SMILES string of the molecule is COc1ccc(N(C)C(C)(C)CCN)cc1. The first kappa shape index (κ1) is 12.8. The zero-order valence-electron chi connectivity index (χ0n) is 10.7. The Balaban J connectivity index is 2.83. The predicted molar refractivity (Wildman–Crippen MR) is 69.1 cm³/mol. The molecule has 1 aromatic carbocycles. The normalized spacial score (nSPS) is 11.3. The van der Waals surface area contributed by atoms with Crippen molar-refractivity contribution < 1.29 is 4.74 Å². The number of hydrogen-bond donors (Lipinski definition) is 1. The Morgan fingerprint density at radius 1 is 1.25 bits per heavy atom. The van der Waals surface area contributed by atoms with E-state index in [4.69, 9.17) is 10.5 Å². The largest absolute Gasteiger partial charge is 0.497 e. The molecule has 0 atom stereocenters. The van der Waals surface area contributed by atoms with Crippen LogP contribution in [0.3, 0.4) is 0 Å². The summed E-state index contributed by atoms with van der Waals surface area (Å²) in [4.78, 5) is 2.25. The van der Waals surface area contributed by atoms with E-state index in [2.05, 4.69) is 37.9 Å². The van der Waals surface area contributed by atoms with Crippen molar-refractivity contribution >= 4 is 5.69 Å². The Morgan fingerprint density at radius 2 is 1.81 bits per heavy atom. The summed E-state index contributed by atoms with van der Waals surface area (Å²) in [6.07, 6.45) is 0.968. The van der Waals surface area contributed by atoms with Gasteiger partial charge in [-0.1, -0.05) is 0 Å². The Bertz CT molecular complexity index is 319. The predicted octanol–water partition coefficient (Wildman–Crippen LogP) is 2.26. The fourth-order valence-corrected chi connectivity index (χ4v) is 1.68. The summed E-state index contributed by atoms with van der Waals surface area (Å²) in [5, 5.41) is 0. The third-order valence-electron chi connectivity index (χ3n) is 3.12. The number of ether oxygens (including phenoxy) is 1. The quantitative estimate of drug-likeness (QED) is 0.830. The van der Waals surface area contributed by atoms with Crippen LogP contribution in [0.15, 0.2) is 24.3 Å². The fourth-order valence-electron chi connectivity index (χ4n) is 1.68. The van der Waals surface area contributed by atoms with Crippen LogP contribution in [-0.4, -0.2) is 26.2 Å². The molecular weight excluding hydrogens is 200 g/mol. The van der Waals surface area contributed by atoms with Crippen LogP contribution in [0.2, 0.25) is 0 Å². The van der Waals surface area contributed by atoms with Gasteiger partial charge in [0.1, 0.15) is 5.75 Å². The number of nitrogens with two attached hydrogens (primary N) is 1. The number of rotatable bonds is 5. The van der Waals surface area contributed by atoms with Crippen molar-refractivity contribution in [3.05, 3.63) is 24.3 Å². The average Bonchev–Trinajstić information content (AvgIpc) is 2.28. The summed E-state index contributed by atoms with van der Waals surface area (Å²) in [5.74, 6) is 0.883. The van der Waals surface area contributed by atoms with Gasteiger partial charge in [-0.2, -0.15) is 0 Å². The van der Waals surface area contributed by atoms with Crippen molar-refractivity contribution in [2.75, 3.05) is 25.6 Å². The van der Waals surface area contributed by atoms with E-state index in [-0.39, 0.29) is 5.54 Å². The van der Waals surface area contributed by atoms with E-state index in [1.165, 1.54) is 5.69 Å². The third-order valence-corrected chi connectivity index (χ3v) is 3.12. The van der Waals surface area contributed by atoms with Crippen LogP contribution in [0.1, 0.15) is 20.3 Å². The van der Waals surface area contributed by atoms with Crippen LogP contribution in [0.4, 0.5) is 5.69 Å². The first-order chi connectivity index (χ1) is 7.51. The third kappa shape index (κ3) is 2.89. The van der Waals surface area contributed by atoms with Crippen LogP contribution in [-0.2, 0) is 0 Å². The molecule has 1 aromatic rings. The van der Waals surface area contributed by atoms with Crippen LogP contribution in [0.25, 0.3) is 0 Å². The molecule has 1 rings (SSSR count). The van der Waals surface area contributed by atoms with Crippen molar-refractivity contribution in [2.24, 2.45) is 5.73 Å². The molecule has 16 heavy (non-hydrogen) atoms. The Hall–Kier alpha value is -1.22. The van der Waals surface area contributed by atoms with Crippen molar-refractivity contribution in [3.8, 4) is 5.75 Å². The van der Waals surface area contributed by atoms with Crippen molar-refractivity contribution in [1.82, 2.24) is 0 Å². The molecule has 0 aliphatic carbocycles. The molecule has 0 unspecified atom stereocenters.